The molecule has 0 bridgehead atoms. The molecule has 1 nitrogen and oxygen atoms in total. The highest BCUT2D eigenvalue weighted by atomic mass is 32.1. The largest absolute Gasteiger partial charge is 0.334 e. The summed E-state index contributed by atoms with van der Waals surface area (Å²) < 4.78 is 5.42. The van der Waals surface area contributed by atoms with E-state index in [1.807, 2.05) is 11.3 Å². The van der Waals surface area contributed by atoms with Crippen molar-refractivity contribution in [1.82, 2.24) is 4.57 Å². The minimum Gasteiger partial charge on any atom is -0.334 e. The van der Waals surface area contributed by atoms with Crippen molar-refractivity contribution in [1.29, 1.82) is 0 Å². The Kier molecular flexibility index (Phi) is 3.21. The topological polar surface area (TPSA) is 4.93 Å². The zero-order chi connectivity index (χ0) is 19.0. The van der Waals surface area contributed by atoms with Crippen LogP contribution >= 0.6 is 11.3 Å². The molecule has 0 saturated heterocycles. The van der Waals surface area contributed by atoms with E-state index in [2.05, 4.69) is 86.0 Å². The fraction of sp³-hybridized carbons (Fsp3) is 0.231. The summed E-state index contributed by atoms with van der Waals surface area (Å²) in [7, 11) is 0. The Balaban J connectivity index is 2.08. The summed E-state index contributed by atoms with van der Waals surface area (Å²) in [6.45, 7) is 7.01. The van der Waals surface area contributed by atoms with Crippen LogP contribution < -0.4 is 10.6 Å². The molecule has 3 aromatic carbocycles. The number of fused-ring (bicyclic) bond motifs is 10. The quantitative estimate of drug-likeness (QED) is 0.298. The minimum atomic E-state index is 0.0269. The Labute approximate surface area is 168 Å². The molecule has 0 fully saturated rings. The van der Waals surface area contributed by atoms with Crippen LogP contribution in [0.5, 0.6) is 0 Å². The van der Waals surface area contributed by atoms with Gasteiger partial charge in [0.05, 0.1) is 10.2 Å². The molecule has 28 heavy (non-hydrogen) atoms. The third-order valence-electron chi connectivity index (χ3n) is 6.05. The number of aromatic nitrogens is 1. The minimum absolute atomic E-state index is 0.0269. The van der Waals surface area contributed by atoms with Crippen LogP contribution in [0, 0.1) is 0 Å². The molecule has 0 aliphatic heterocycles. The lowest BCUT2D eigenvalue weighted by Crippen LogP contribution is -2.38. The molecule has 1 aliphatic rings. The van der Waals surface area contributed by atoms with Crippen molar-refractivity contribution < 1.29 is 0 Å². The molecule has 6 rings (SSSR count). The van der Waals surface area contributed by atoms with Crippen LogP contribution in [0.15, 0.2) is 48.5 Å². The molecule has 0 amide bonds. The Hall–Kier alpha value is -2.58. The van der Waals surface area contributed by atoms with Crippen molar-refractivity contribution in [2.45, 2.75) is 39.2 Å². The molecule has 2 heteroatoms. The second-order valence-electron chi connectivity index (χ2n) is 8.86. The predicted molar refractivity (Wildman–Crippen MR) is 125 cm³/mol. The van der Waals surface area contributed by atoms with Crippen LogP contribution in [-0.2, 0) is 5.54 Å². The fourth-order valence-corrected chi connectivity index (χ4v) is 6.31. The monoisotopic (exact) mass is 381 g/mol. The van der Waals surface area contributed by atoms with Gasteiger partial charge in [0, 0.05) is 37.0 Å². The second kappa shape index (κ2) is 5.48. The average Bonchev–Trinajstić information content (AvgIpc) is 3.24. The summed E-state index contributed by atoms with van der Waals surface area (Å²) in [6, 6.07) is 17.9. The fourth-order valence-electron chi connectivity index (χ4n) is 5.05. The Morgan fingerprint density at radius 3 is 2.18 bits per heavy atom. The van der Waals surface area contributed by atoms with E-state index < -0.39 is 0 Å². The van der Waals surface area contributed by atoms with E-state index in [-0.39, 0.29) is 5.54 Å². The van der Waals surface area contributed by atoms with Crippen molar-refractivity contribution in [3.63, 3.8) is 0 Å². The van der Waals surface area contributed by atoms with Gasteiger partial charge in [-0.15, -0.1) is 11.3 Å². The van der Waals surface area contributed by atoms with Gasteiger partial charge < -0.3 is 4.57 Å². The first-order chi connectivity index (χ1) is 13.6. The predicted octanol–water partition coefficient (Wildman–Crippen LogP) is 6.27. The number of benzene rings is 3. The number of nitrogens with zero attached hydrogens (tertiary/aromatic N) is 1. The molecule has 2 aromatic heterocycles. The van der Waals surface area contributed by atoms with Gasteiger partial charge in [-0.2, -0.15) is 0 Å². The SMILES string of the molecule is CC(C)(C)n1c2c(c3c4ccccc4c4c5ccccc5sc4c31)=CCCC=2. The first-order valence-electron chi connectivity index (χ1n) is 10.1. The molecule has 0 radical (unpaired) electrons. The summed E-state index contributed by atoms with van der Waals surface area (Å²) >= 11 is 1.95. The smallest absolute Gasteiger partial charge is 0.0684 e. The van der Waals surface area contributed by atoms with E-state index in [0.29, 0.717) is 0 Å². The van der Waals surface area contributed by atoms with E-state index in [1.165, 1.54) is 52.4 Å². The standard InChI is InChI=1S/C26H23NS/c1-26(2,3)27-20-14-8-6-12-18(20)22-16-10-4-5-11-17(16)23-19-13-7-9-15-21(19)28-25(23)24(22)27/h4-5,7,9-15H,6,8H2,1-3H3. The number of thiophene rings is 1. The molecular weight excluding hydrogens is 358 g/mol. The summed E-state index contributed by atoms with van der Waals surface area (Å²) in [4.78, 5) is 0. The second-order valence-corrected chi connectivity index (χ2v) is 9.91. The highest BCUT2D eigenvalue weighted by Crippen LogP contribution is 2.43. The lowest BCUT2D eigenvalue weighted by atomic mass is 9.98. The molecular formula is C26H23NS. The van der Waals surface area contributed by atoms with Gasteiger partial charge in [-0.1, -0.05) is 54.6 Å². The highest BCUT2D eigenvalue weighted by Gasteiger charge is 2.24. The van der Waals surface area contributed by atoms with Crippen molar-refractivity contribution in [2.75, 3.05) is 0 Å². The van der Waals surface area contributed by atoms with Gasteiger partial charge in [0.2, 0.25) is 0 Å². The third kappa shape index (κ3) is 2.02. The molecule has 0 atom stereocenters. The first-order valence-corrected chi connectivity index (χ1v) is 10.9. The molecule has 0 saturated carbocycles. The van der Waals surface area contributed by atoms with Crippen LogP contribution in [-0.4, -0.2) is 4.57 Å². The van der Waals surface area contributed by atoms with E-state index in [9.17, 15) is 0 Å². The molecule has 138 valence electrons. The van der Waals surface area contributed by atoms with Crippen molar-refractivity contribution in [3.05, 3.63) is 59.1 Å². The summed E-state index contributed by atoms with van der Waals surface area (Å²) in [5, 5.41) is 9.86. The molecule has 2 heterocycles. The highest BCUT2D eigenvalue weighted by molar-refractivity contribution is 7.26. The molecule has 0 N–H and O–H groups in total. The van der Waals surface area contributed by atoms with E-state index in [1.54, 1.807) is 0 Å². The van der Waals surface area contributed by atoms with E-state index in [4.69, 9.17) is 0 Å². The van der Waals surface area contributed by atoms with Gasteiger partial charge in [0.15, 0.2) is 0 Å². The Morgan fingerprint density at radius 1 is 0.786 bits per heavy atom. The van der Waals surface area contributed by atoms with Crippen molar-refractivity contribution in [2.24, 2.45) is 0 Å². The zero-order valence-corrected chi connectivity index (χ0v) is 17.4. The van der Waals surface area contributed by atoms with Crippen LogP contribution in [0.1, 0.15) is 33.6 Å². The van der Waals surface area contributed by atoms with E-state index in [0.717, 1.165) is 12.8 Å². The third-order valence-corrected chi connectivity index (χ3v) is 7.22. The molecule has 5 aromatic rings. The van der Waals surface area contributed by atoms with Crippen LogP contribution in [0.4, 0.5) is 0 Å². The van der Waals surface area contributed by atoms with Crippen molar-refractivity contribution >= 4 is 65.3 Å². The number of hydrogen-bond acceptors (Lipinski definition) is 1. The van der Waals surface area contributed by atoms with Gasteiger partial charge in [0.25, 0.3) is 0 Å². The molecule has 0 spiro atoms. The summed E-state index contributed by atoms with van der Waals surface area (Å²) in [5.74, 6) is 0. The van der Waals surface area contributed by atoms with Gasteiger partial charge in [-0.3, -0.25) is 0 Å². The van der Waals surface area contributed by atoms with Crippen LogP contribution in [0.3, 0.4) is 0 Å². The van der Waals surface area contributed by atoms with Crippen LogP contribution in [0.25, 0.3) is 54.0 Å². The van der Waals surface area contributed by atoms with Gasteiger partial charge in [0.1, 0.15) is 0 Å². The maximum atomic E-state index is 2.61. The van der Waals surface area contributed by atoms with Crippen LogP contribution in [0.2, 0.25) is 0 Å². The number of hydrogen-bond donors (Lipinski definition) is 0. The number of rotatable bonds is 0. The Bertz CT molecular complexity index is 1540. The average molecular weight is 382 g/mol. The molecule has 1 aliphatic carbocycles. The van der Waals surface area contributed by atoms with Gasteiger partial charge in [-0.25, -0.2) is 0 Å². The molecule has 0 unspecified atom stereocenters. The van der Waals surface area contributed by atoms with Gasteiger partial charge in [-0.05, 0) is 50.5 Å². The zero-order valence-electron chi connectivity index (χ0n) is 16.5. The Morgan fingerprint density at radius 2 is 1.43 bits per heavy atom. The van der Waals surface area contributed by atoms with Gasteiger partial charge >= 0.3 is 0 Å². The van der Waals surface area contributed by atoms with Crippen molar-refractivity contribution in [3.8, 4) is 0 Å². The lowest BCUT2D eigenvalue weighted by molar-refractivity contribution is 0.402. The first kappa shape index (κ1) is 16.4. The summed E-state index contributed by atoms with van der Waals surface area (Å²) in [6.07, 6.45) is 7.18. The summed E-state index contributed by atoms with van der Waals surface area (Å²) in [5.41, 5.74) is 1.45. The maximum Gasteiger partial charge on any atom is 0.0684 e. The lowest BCUT2D eigenvalue weighted by Gasteiger charge is -2.24. The maximum absolute atomic E-state index is 2.61. The normalized spacial score (nSPS) is 14.5. The van der Waals surface area contributed by atoms with E-state index >= 15 is 0 Å².